The van der Waals surface area contributed by atoms with Crippen LogP contribution in [-0.2, 0) is 18.6 Å². The van der Waals surface area contributed by atoms with E-state index in [9.17, 15) is 13.9 Å². The number of aryl methyl sites for hydroxylation is 1. The van der Waals surface area contributed by atoms with Gasteiger partial charge in [0.15, 0.2) is 0 Å². The normalized spacial score (nSPS) is 14.7. The molecule has 10 heteroatoms. The monoisotopic (exact) mass is 509 g/mol. The molecule has 0 saturated carbocycles. The van der Waals surface area contributed by atoms with Crippen molar-refractivity contribution in [2.45, 2.75) is 38.5 Å². The molecule has 4 aromatic rings. The summed E-state index contributed by atoms with van der Waals surface area (Å²) < 4.78 is 32.3. The molecular formula is C21H19BrClF2N5O. The summed E-state index contributed by atoms with van der Waals surface area (Å²) >= 11 is 10.00. The molecule has 0 bridgehead atoms. The molecule has 0 aliphatic heterocycles. The molecule has 162 valence electrons. The third-order valence-corrected chi connectivity index (χ3v) is 6.20. The van der Waals surface area contributed by atoms with Gasteiger partial charge in [-0.15, -0.1) is 0 Å². The topological polar surface area (TPSA) is 68.8 Å². The minimum absolute atomic E-state index is 0.0770. The van der Waals surface area contributed by atoms with E-state index in [0.29, 0.717) is 17.0 Å². The number of benzene rings is 2. The van der Waals surface area contributed by atoms with Crippen molar-refractivity contribution in [2.75, 3.05) is 0 Å². The molecule has 0 unspecified atom stereocenters. The standard InChI is InChI=1S/C21H19BrClF2N5O/c1-3-19-15-6-13(22)7-17(23)20(15)30(28-19)12(2)21(31,9-29-11-26-10-27-29)16-5-4-14(24)8-18(16)25/h4-8,10-12,31H,3,9H2,1-2H3/t12-,21-/m1/s1. The summed E-state index contributed by atoms with van der Waals surface area (Å²) in [6.45, 7) is 3.55. The van der Waals surface area contributed by atoms with Gasteiger partial charge >= 0.3 is 0 Å². The predicted octanol–water partition coefficient (Wildman–Crippen LogP) is 5.03. The summed E-state index contributed by atoms with van der Waals surface area (Å²) in [5.41, 5.74) is -0.514. The maximum absolute atomic E-state index is 14.9. The summed E-state index contributed by atoms with van der Waals surface area (Å²) in [7, 11) is 0. The first-order chi connectivity index (χ1) is 14.7. The highest BCUT2D eigenvalue weighted by Crippen LogP contribution is 2.40. The van der Waals surface area contributed by atoms with Gasteiger partial charge in [0, 0.05) is 21.5 Å². The van der Waals surface area contributed by atoms with Crippen molar-refractivity contribution in [1.29, 1.82) is 0 Å². The van der Waals surface area contributed by atoms with Gasteiger partial charge in [0.1, 0.15) is 29.9 Å². The van der Waals surface area contributed by atoms with Crippen LogP contribution in [0.3, 0.4) is 0 Å². The highest BCUT2D eigenvalue weighted by molar-refractivity contribution is 9.10. The Morgan fingerprint density at radius 2 is 2.03 bits per heavy atom. The second-order valence-corrected chi connectivity index (χ2v) is 8.67. The van der Waals surface area contributed by atoms with Crippen molar-refractivity contribution in [3.63, 3.8) is 0 Å². The third kappa shape index (κ3) is 3.86. The van der Waals surface area contributed by atoms with Gasteiger partial charge in [0.25, 0.3) is 0 Å². The Labute approximate surface area is 190 Å². The smallest absolute Gasteiger partial charge is 0.137 e. The first-order valence-electron chi connectivity index (χ1n) is 9.61. The van der Waals surface area contributed by atoms with E-state index in [0.717, 1.165) is 27.7 Å². The van der Waals surface area contributed by atoms with Gasteiger partial charge in [-0.1, -0.05) is 40.5 Å². The quantitative estimate of drug-likeness (QED) is 0.395. The third-order valence-electron chi connectivity index (χ3n) is 5.46. The molecule has 31 heavy (non-hydrogen) atoms. The predicted molar refractivity (Wildman–Crippen MR) is 117 cm³/mol. The molecule has 0 fully saturated rings. The molecule has 6 nitrogen and oxygen atoms in total. The van der Waals surface area contributed by atoms with E-state index in [1.165, 1.54) is 23.4 Å². The van der Waals surface area contributed by atoms with E-state index in [1.54, 1.807) is 17.7 Å². The zero-order chi connectivity index (χ0) is 22.3. The van der Waals surface area contributed by atoms with Gasteiger partial charge in [0.05, 0.1) is 28.8 Å². The fourth-order valence-electron chi connectivity index (χ4n) is 3.84. The summed E-state index contributed by atoms with van der Waals surface area (Å²) in [5.74, 6) is -1.60. The molecule has 0 saturated heterocycles. The van der Waals surface area contributed by atoms with E-state index < -0.39 is 23.3 Å². The van der Waals surface area contributed by atoms with Crippen LogP contribution in [0.1, 0.15) is 31.1 Å². The lowest BCUT2D eigenvalue weighted by Crippen LogP contribution is -2.41. The Balaban J connectivity index is 1.94. The average Bonchev–Trinajstić information content (AvgIpc) is 3.34. The second kappa shape index (κ2) is 8.29. The van der Waals surface area contributed by atoms with Crippen molar-refractivity contribution in [3.05, 3.63) is 75.4 Å². The van der Waals surface area contributed by atoms with Crippen LogP contribution in [0.2, 0.25) is 5.02 Å². The number of fused-ring (bicyclic) bond motifs is 1. The van der Waals surface area contributed by atoms with Gasteiger partial charge in [-0.25, -0.2) is 18.4 Å². The van der Waals surface area contributed by atoms with Crippen LogP contribution in [0, 0.1) is 11.6 Å². The van der Waals surface area contributed by atoms with Crippen molar-refractivity contribution in [1.82, 2.24) is 24.5 Å². The number of aliphatic hydroxyl groups is 1. The highest BCUT2D eigenvalue weighted by atomic mass is 79.9. The molecule has 0 spiro atoms. The van der Waals surface area contributed by atoms with Crippen molar-refractivity contribution < 1.29 is 13.9 Å². The number of halogens is 4. The van der Waals surface area contributed by atoms with E-state index in [4.69, 9.17) is 11.6 Å². The van der Waals surface area contributed by atoms with Crippen molar-refractivity contribution in [3.8, 4) is 0 Å². The molecule has 2 heterocycles. The molecule has 0 amide bonds. The van der Waals surface area contributed by atoms with Gasteiger partial charge in [-0.3, -0.25) is 4.68 Å². The van der Waals surface area contributed by atoms with Crippen LogP contribution >= 0.6 is 27.5 Å². The minimum Gasteiger partial charge on any atom is -0.381 e. The zero-order valence-electron chi connectivity index (χ0n) is 16.7. The first kappa shape index (κ1) is 21.9. The Morgan fingerprint density at radius 3 is 2.68 bits per heavy atom. The van der Waals surface area contributed by atoms with E-state index >= 15 is 0 Å². The van der Waals surface area contributed by atoms with Gasteiger partial charge in [0.2, 0.25) is 0 Å². The zero-order valence-corrected chi connectivity index (χ0v) is 19.1. The Hall–Kier alpha value is -2.36. The molecular weight excluding hydrogens is 492 g/mol. The number of nitrogens with zero attached hydrogens (tertiary/aromatic N) is 5. The fourth-order valence-corrected chi connectivity index (χ4v) is 4.74. The number of hydrogen-bond donors (Lipinski definition) is 1. The highest BCUT2D eigenvalue weighted by Gasteiger charge is 2.41. The van der Waals surface area contributed by atoms with E-state index in [2.05, 4.69) is 31.1 Å². The molecule has 1 N–H and O–H groups in total. The summed E-state index contributed by atoms with van der Waals surface area (Å²) in [6, 6.07) is 5.95. The summed E-state index contributed by atoms with van der Waals surface area (Å²) in [4.78, 5) is 3.90. The van der Waals surface area contributed by atoms with Crippen LogP contribution < -0.4 is 0 Å². The Kier molecular flexibility index (Phi) is 5.85. The molecule has 0 aliphatic carbocycles. The summed E-state index contributed by atoms with van der Waals surface area (Å²) in [5, 5.41) is 21.9. The lowest BCUT2D eigenvalue weighted by molar-refractivity contribution is -0.0355. The van der Waals surface area contributed by atoms with Gasteiger partial charge in [-0.2, -0.15) is 10.2 Å². The SMILES string of the molecule is CCc1nn([C@H](C)[C@](O)(Cn2cncn2)c2ccc(F)cc2F)c2c(Cl)cc(Br)cc12. The molecule has 0 aliphatic rings. The Bertz CT molecular complexity index is 1250. The van der Waals surface area contributed by atoms with Crippen LogP contribution in [0.25, 0.3) is 10.9 Å². The lowest BCUT2D eigenvalue weighted by atomic mass is 9.86. The first-order valence-corrected chi connectivity index (χ1v) is 10.8. The van der Waals surface area contributed by atoms with Crippen LogP contribution in [0.15, 0.2) is 47.5 Å². The fraction of sp³-hybridized carbons (Fsp3) is 0.286. The maximum Gasteiger partial charge on any atom is 0.137 e. The largest absolute Gasteiger partial charge is 0.381 e. The van der Waals surface area contributed by atoms with Crippen LogP contribution in [0.5, 0.6) is 0 Å². The number of rotatable bonds is 6. The molecule has 2 atom stereocenters. The van der Waals surface area contributed by atoms with Gasteiger partial charge < -0.3 is 5.11 Å². The maximum atomic E-state index is 14.9. The minimum atomic E-state index is -1.84. The Morgan fingerprint density at radius 1 is 1.26 bits per heavy atom. The molecule has 0 radical (unpaired) electrons. The average molecular weight is 511 g/mol. The lowest BCUT2D eigenvalue weighted by Gasteiger charge is -2.35. The number of aromatic nitrogens is 5. The van der Waals surface area contributed by atoms with E-state index in [1.807, 2.05) is 13.0 Å². The van der Waals surface area contributed by atoms with E-state index in [-0.39, 0.29) is 12.1 Å². The molecule has 2 aromatic heterocycles. The van der Waals surface area contributed by atoms with Crippen molar-refractivity contribution >= 4 is 38.4 Å². The van der Waals surface area contributed by atoms with Crippen LogP contribution in [0.4, 0.5) is 8.78 Å². The van der Waals surface area contributed by atoms with Gasteiger partial charge in [-0.05, 0) is 31.5 Å². The van der Waals surface area contributed by atoms with Crippen molar-refractivity contribution in [2.24, 2.45) is 0 Å². The summed E-state index contributed by atoms with van der Waals surface area (Å²) in [6.07, 6.45) is 3.37. The molecule has 2 aromatic carbocycles. The second-order valence-electron chi connectivity index (χ2n) is 7.35. The number of hydrogen-bond acceptors (Lipinski definition) is 4. The molecule has 4 rings (SSSR count). The van der Waals surface area contributed by atoms with Crippen LogP contribution in [-0.4, -0.2) is 29.7 Å².